The number of likely N-dealkylation sites (tertiary alicyclic amines) is 1. The van der Waals surface area contributed by atoms with Crippen molar-refractivity contribution >= 4 is 18.7 Å². The van der Waals surface area contributed by atoms with Gasteiger partial charge in [0.2, 0.25) is 0 Å². The quantitative estimate of drug-likeness (QED) is 0.204. The zero-order valence-electron chi connectivity index (χ0n) is 24.2. The lowest BCUT2D eigenvalue weighted by molar-refractivity contribution is 0.0653. The summed E-state index contributed by atoms with van der Waals surface area (Å²) in [4.78, 5) is 3.94. The number of halogens is 4. The Balaban J connectivity index is 1.67. The number of hydrogen-bond donors (Lipinski definition) is 2. The summed E-state index contributed by atoms with van der Waals surface area (Å²) in [5.41, 5.74) is 1.01. The van der Waals surface area contributed by atoms with Gasteiger partial charge in [0.1, 0.15) is 17.3 Å². The first-order valence-corrected chi connectivity index (χ1v) is 16.4. The Hall–Kier alpha value is -2.09. The van der Waals surface area contributed by atoms with Crippen LogP contribution in [0.15, 0.2) is 30.3 Å². The maximum Gasteiger partial charge on any atom is 0.169 e. The summed E-state index contributed by atoms with van der Waals surface area (Å²) in [6, 6.07) is 7.21. The standard InChI is InChI=1S/C30H43F4N4OP/c1-6-40(39,7-2)36-22-9-10-25-21(14-22)13-20(3)38(19-30(4,5)34)29(25)28-26(32)15-23(16-27(28)33)35-24-17-37(18-24)12-8-11-31/h9-10,14-16,20,24,29,35H,6-8,11-13,17-19H2,1-5H3,(H,36,39)/t20-,29+/m1/s1. The molecule has 0 aliphatic carbocycles. The van der Waals surface area contributed by atoms with E-state index in [1.165, 1.54) is 26.0 Å². The molecule has 222 valence electrons. The smallest absolute Gasteiger partial charge is 0.169 e. The molecule has 2 aliphatic rings. The van der Waals surface area contributed by atoms with Crippen molar-refractivity contribution in [1.82, 2.24) is 9.80 Å². The van der Waals surface area contributed by atoms with Crippen molar-refractivity contribution in [2.24, 2.45) is 0 Å². The van der Waals surface area contributed by atoms with Crippen LogP contribution in [0.2, 0.25) is 0 Å². The minimum Gasteiger partial charge on any atom is -0.380 e. The van der Waals surface area contributed by atoms with Crippen molar-refractivity contribution in [3.63, 3.8) is 0 Å². The fourth-order valence-electron chi connectivity index (χ4n) is 5.90. The van der Waals surface area contributed by atoms with E-state index in [2.05, 4.69) is 15.3 Å². The SMILES string of the molecule is CCP(=O)(CC)Nc1ccc2c(c1)C[C@@H](C)N(CC(C)(C)F)[C@@H]2c1c(F)cc(NC2CN(CCCF)C2)cc1F. The maximum atomic E-state index is 15.8. The number of benzene rings is 2. The highest BCUT2D eigenvalue weighted by Crippen LogP contribution is 2.47. The molecule has 0 radical (unpaired) electrons. The van der Waals surface area contributed by atoms with E-state index >= 15 is 8.78 Å². The maximum absolute atomic E-state index is 15.8. The van der Waals surface area contributed by atoms with Gasteiger partial charge >= 0.3 is 0 Å². The molecule has 10 heteroatoms. The lowest BCUT2D eigenvalue weighted by Crippen LogP contribution is -2.54. The lowest BCUT2D eigenvalue weighted by Gasteiger charge is -2.44. The molecule has 2 heterocycles. The highest BCUT2D eigenvalue weighted by Gasteiger charge is 2.39. The molecule has 0 unspecified atom stereocenters. The van der Waals surface area contributed by atoms with Crippen LogP contribution in [0.4, 0.5) is 28.9 Å². The van der Waals surface area contributed by atoms with E-state index in [4.69, 9.17) is 0 Å². The van der Waals surface area contributed by atoms with Crippen LogP contribution in [0.1, 0.15) is 63.8 Å². The van der Waals surface area contributed by atoms with Crippen molar-refractivity contribution in [2.45, 2.75) is 71.3 Å². The number of rotatable bonds is 12. The molecular weight excluding hydrogens is 539 g/mol. The Bertz CT molecular complexity index is 1200. The van der Waals surface area contributed by atoms with Crippen molar-refractivity contribution in [3.8, 4) is 0 Å². The average molecular weight is 583 g/mol. The first-order chi connectivity index (χ1) is 18.9. The largest absolute Gasteiger partial charge is 0.380 e. The second-order valence-electron chi connectivity index (χ2n) is 11.9. The molecule has 4 rings (SSSR count). The van der Waals surface area contributed by atoms with Crippen molar-refractivity contribution in [3.05, 3.63) is 58.7 Å². The van der Waals surface area contributed by atoms with Gasteiger partial charge in [0.05, 0.1) is 18.8 Å². The van der Waals surface area contributed by atoms with E-state index in [1.54, 1.807) is 6.07 Å². The molecule has 2 aromatic rings. The number of hydrogen-bond acceptors (Lipinski definition) is 4. The Kier molecular flexibility index (Phi) is 9.58. The molecule has 1 saturated heterocycles. The fraction of sp³-hybridized carbons (Fsp3) is 0.600. The first-order valence-electron chi connectivity index (χ1n) is 14.3. The van der Waals surface area contributed by atoms with E-state index in [0.29, 0.717) is 50.5 Å². The minimum absolute atomic E-state index is 0.00875. The molecule has 5 nitrogen and oxygen atoms in total. The minimum atomic E-state index is -2.56. The topological polar surface area (TPSA) is 47.6 Å². The molecule has 0 aromatic heterocycles. The van der Waals surface area contributed by atoms with E-state index in [-0.39, 0.29) is 30.9 Å². The number of nitrogens with zero attached hydrogens (tertiary/aromatic N) is 2. The Morgan fingerprint density at radius 3 is 2.27 bits per heavy atom. The fourth-order valence-corrected chi connectivity index (χ4v) is 7.27. The molecule has 2 atom stereocenters. The molecule has 2 aromatic carbocycles. The predicted octanol–water partition coefficient (Wildman–Crippen LogP) is 7.23. The van der Waals surface area contributed by atoms with Crippen LogP contribution in [0.5, 0.6) is 0 Å². The van der Waals surface area contributed by atoms with Gasteiger partial charge < -0.3 is 15.0 Å². The molecular formula is C30H43F4N4OP. The molecule has 1 fully saturated rings. The van der Waals surface area contributed by atoms with Crippen LogP contribution in [-0.2, 0) is 11.0 Å². The van der Waals surface area contributed by atoms with E-state index in [1.807, 2.05) is 37.8 Å². The van der Waals surface area contributed by atoms with Crippen molar-refractivity contribution in [1.29, 1.82) is 0 Å². The lowest BCUT2D eigenvalue weighted by atomic mass is 9.83. The number of anilines is 2. The molecule has 2 N–H and O–H groups in total. The van der Waals surface area contributed by atoms with Gasteiger partial charge in [-0.05, 0) is 69.0 Å². The summed E-state index contributed by atoms with van der Waals surface area (Å²) >= 11 is 0. The summed E-state index contributed by atoms with van der Waals surface area (Å²) in [6.45, 7) is 10.4. The van der Waals surface area contributed by atoms with Gasteiger partial charge in [-0.1, -0.05) is 19.9 Å². The van der Waals surface area contributed by atoms with Gasteiger partial charge in [-0.25, -0.2) is 13.2 Å². The van der Waals surface area contributed by atoms with Gasteiger partial charge in [0.15, 0.2) is 7.29 Å². The number of nitrogens with one attached hydrogen (secondary N) is 2. The van der Waals surface area contributed by atoms with Crippen LogP contribution in [0.25, 0.3) is 0 Å². The third-order valence-corrected chi connectivity index (χ3v) is 10.8. The van der Waals surface area contributed by atoms with Crippen LogP contribution in [-0.4, -0.2) is 72.7 Å². The second kappa shape index (κ2) is 12.4. The summed E-state index contributed by atoms with van der Waals surface area (Å²) < 4.78 is 72.1. The first kappa shape index (κ1) is 30.9. The highest BCUT2D eigenvalue weighted by molar-refractivity contribution is 7.65. The van der Waals surface area contributed by atoms with Crippen LogP contribution in [0, 0.1) is 11.6 Å². The van der Waals surface area contributed by atoms with Gasteiger partial charge in [0, 0.05) is 61.5 Å². The van der Waals surface area contributed by atoms with Gasteiger partial charge in [0.25, 0.3) is 0 Å². The molecule has 2 aliphatic heterocycles. The zero-order valence-corrected chi connectivity index (χ0v) is 25.1. The molecule has 40 heavy (non-hydrogen) atoms. The van der Waals surface area contributed by atoms with Gasteiger partial charge in [-0.15, -0.1) is 0 Å². The number of alkyl halides is 2. The molecule has 0 saturated carbocycles. The van der Waals surface area contributed by atoms with Crippen LogP contribution >= 0.6 is 7.29 Å². The van der Waals surface area contributed by atoms with Gasteiger partial charge in [-0.3, -0.25) is 14.2 Å². The predicted molar refractivity (Wildman–Crippen MR) is 156 cm³/mol. The highest BCUT2D eigenvalue weighted by atomic mass is 31.2. The Morgan fingerprint density at radius 2 is 1.70 bits per heavy atom. The van der Waals surface area contributed by atoms with E-state index in [9.17, 15) is 13.3 Å². The normalized spacial score (nSPS) is 20.7. The summed E-state index contributed by atoms with van der Waals surface area (Å²) in [5.74, 6) is -1.38. The average Bonchev–Trinajstić information content (AvgIpc) is 2.85. The Labute approximate surface area is 236 Å². The van der Waals surface area contributed by atoms with Crippen molar-refractivity contribution in [2.75, 3.05) is 55.6 Å². The van der Waals surface area contributed by atoms with Gasteiger partial charge in [-0.2, -0.15) is 0 Å². The zero-order chi connectivity index (χ0) is 29.2. The molecule has 0 spiro atoms. The van der Waals surface area contributed by atoms with E-state index < -0.39 is 30.6 Å². The third kappa shape index (κ3) is 7.03. The third-order valence-electron chi connectivity index (χ3n) is 8.05. The summed E-state index contributed by atoms with van der Waals surface area (Å²) in [5, 5.41) is 6.39. The molecule has 0 bridgehead atoms. The summed E-state index contributed by atoms with van der Waals surface area (Å²) in [6.07, 6.45) is 2.09. The van der Waals surface area contributed by atoms with Crippen LogP contribution in [0.3, 0.4) is 0 Å². The Morgan fingerprint density at radius 1 is 1.05 bits per heavy atom. The van der Waals surface area contributed by atoms with Crippen molar-refractivity contribution < 1.29 is 22.1 Å². The number of fused-ring (bicyclic) bond motifs is 1. The summed E-state index contributed by atoms with van der Waals surface area (Å²) in [7, 11) is -2.56. The van der Waals surface area contributed by atoms with Crippen LogP contribution < -0.4 is 10.4 Å². The monoisotopic (exact) mass is 582 g/mol. The molecule has 0 amide bonds. The van der Waals surface area contributed by atoms with E-state index in [0.717, 1.165) is 16.8 Å². The second-order valence-corrected chi connectivity index (χ2v) is 15.2.